The Kier molecular flexibility index (Phi) is 5.42. The van der Waals surface area contributed by atoms with Crippen LogP contribution in [0.1, 0.15) is 21.5 Å². The number of benzene rings is 2. The molecule has 0 aromatic heterocycles. The highest BCUT2D eigenvalue weighted by atomic mass is 32.2. The zero-order valence-corrected chi connectivity index (χ0v) is 14.4. The molecular formula is C18H14F3NO3S. The van der Waals surface area contributed by atoms with Gasteiger partial charge in [-0.2, -0.15) is 13.2 Å². The largest absolute Gasteiger partial charge is 0.417 e. The number of halogens is 3. The fraction of sp³-hybridized carbons (Fsp3) is 0.167. The molecule has 0 N–H and O–H groups in total. The average molecular weight is 381 g/mol. The van der Waals surface area contributed by atoms with Crippen molar-refractivity contribution in [1.82, 2.24) is 4.31 Å². The van der Waals surface area contributed by atoms with E-state index in [0.29, 0.717) is 11.6 Å². The van der Waals surface area contributed by atoms with Gasteiger partial charge in [-0.05, 0) is 36.8 Å². The lowest BCUT2D eigenvalue weighted by Gasteiger charge is -2.22. The highest BCUT2D eigenvalue weighted by Gasteiger charge is 2.38. The van der Waals surface area contributed by atoms with Crippen molar-refractivity contribution >= 4 is 15.9 Å². The summed E-state index contributed by atoms with van der Waals surface area (Å²) in [6.45, 7) is 0.951. The SMILES string of the molecule is C#CCN(C(=O)c1ccccc1C(F)(F)F)S(=O)(=O)c1cccc(C)c1. The molecule has 0 saturated heterocycles. The van der Waals surface area contributed by atoms with Gasteiger partial charge in [0.1, 0.15) is 0 Å². The number of terminal acetylenes is 1. The van der Waals surface area contributed by atoms with E-state index < -0.39 is 39.8 Å². The molecule has 0 aliphatic carbocycles. The summed E-state index contributed by atoms with van der Waals surface area (Å²) in [5.41, 5.74) is -1.41. The van der Waals surface area contributed by atoms with Crippen LogP contribution in [0.2, 0.25) is 0 Å². The van der Waals surface area contributed by atoms with Crippen LogP contribution in [0.5, 0.6) is 0 Å². The Balaban J connectivity index is 2.59. The lowest BCUT2D eigenvalue weighted by atomic mass is 10.1. The molecule has 26 heavy (non-hydrogen) atoms. The van der Waals surface area contributed by atoms with E-state index in [-0.39, 0.29) is 9.20 Å². The molecule has 4 nitrogen and oxygen atoms in total. The number of alkyl halides is 3. The Morgan fingerprint density at radius 3 is 2.38 bits per heavy atom. The number of hydrogen-bond donors (Lipinski definition) is 0. The average Bonchev–Trinajstić information content (AvgIpc) is 2.58. The molecule has 2 rings (SSSR count). The van der Waals surface area contributed by atoms with Crippen molar-refractivity contribution in [3.05, 3.63) is 65.2 Å². The number of rotatable bonds is 4. The molecule has 0 radical (unpaired) electrons. The molecule has 1 amide bonds. The Bertz CT molecular complexity index is 976. The molecule has 8 heteroatoms. The number of carbonyl (C=O) groups is 1. The van der Waals surface area contributed by atoms with Crippen molar-refractivity contribution in [3.63, 3.8) is 0 Å². The number of carbonyl (C=O) groups excluding carboxylic acids is 1. The van der Waals surface area contributed by atoms with Gasteiger partial charge in [0.15, 0.2) is 0 Å². The minimum Gasteiger partial charge on any atom is -0.268 e. The van der Waals surface area contributed by atoms with Gasteiger partial charge in [0.05, 0.1) is 22.6 Å². The maximum Gasteiger partial charge on any atom is 0.417 e. The third-order valence-corrected chi connectivity index (χ3v) is 5.23. The number of hydrogen-bond acceptors (Lipinski definition) is 3. The van der Waals surface area contributed by atoms with Gasteiger partial charge in [0, 0.05) is 0 Å². The maximum atomic E-state index is 13.2. The third-order valence-electron chi connectivity index (χ3n) is 3.50. The van der Waals surface area contributed by atoms with Gasteiger partial charge in [0.2, 0.25) is 0 Å². The van der Waals surface area contributed by atoms with Crippen LogP contribution < -0.4 is 0 Å². The minimum absolute atomic E-state index is 0.231. The van der Waals surface area contributed by atoms with Crippen molar-refractivity contribution in [2.45, 2.75) is 18.0 Å². The van der Waals surface area contributed by atoms with E-state index in [1.807, 2.05) is 5.92 Å². The monoisotopic (exact) mass is 381 g/mol. The molecule has 0 atom stereocenters. The molecule has 0 unspecified atom stereocenters. The zero-order chi connectivity index (χ0) is 19.5. The van der Waals surface area contributed by atoms with Crippen LogP contribution in [0, 0.1) is 19.3 Å². The molecule has 0 aliphatic rings. The predicted octanol–water partition coefficient (Wildman–Crippen LogP) is 3.48. The summed E-state index contributed by atoms with van der Waals surface area (Å²) >= 11 is 0. The van der Waals surface area contributed by atoms with Crippen LogP contribution in [0.15, 0.2) is 53.4 Å². The summed E-state index contributed by atoms with van der Waals surface area (Å²) in [5.74, 6) is 0.676. The first-order valence-electron chi connectivity index (χ1n) is 7.32. The predicted molar refractivity (Wildman–Crippen MR) is 89.7 cm³/mol. The smallest absolute Gasteiger partial charge is 0.268 e. The third kappa shape index (κ3) is 3.89. The molecule has 0 bridgehead atoms. The Morgan fingerprint density at radius 1 is 1.15 bits per heavy atom. The number of aryl methyl sites for hydroxylation is 1. The van der Waals surface area contributed by atoms with Crippen LogP contribution in [-0.2, 0) is 16.2 Å². The van der Waals surface area contributed by atoms with Gasteiger partial charge >= 0.3 is 6.18 Å². The van der Waals surface area contributed by atoms with Crippen LogP contribution in [-0.4, -0.2) is 25.2 Å². The van der Waals surface area contributed by atoms with Gasteiger partial charge in [-0.3, -0.25) is 4.79 Å². The Morgan fingerprint density at radius 2 is 1.81 bits per heavy atom. The fourth-order valence-corrected chi connectivity index (χ4v) is 3.70. The van der Waals surface area contributed by atoms with Gasteiger partial charge in [0.25, 0.3) is 15.9 Å². The first-order chi connectivity index (χ1) is 12.1. The first-order valence-corrected chi connectivity index (χ1v) is 8.76. The van der Waals surface area contributed by atoms with Crippen LogP contribution in [0.3, 0.4) is 0 Å². The summed E-state index contributed by atoms with van der Waals surface area (Å²) in [6, 6.07) is 9.61. The van der Waals surface area contributed by atoms with E-state index in [1.54, 1.807) is 13.0 Å². The Hall–Kier alpha value is -2.79. The van der Waals surface area contributed by atoms with Gasteiger partial charge in [-0.15, -0.1) is 6.42 Å². The van der Waals surface area contributed by atoms with E-state index in [4.69, 9.17) is 6.42 Å². The molecule has 0 spiro atoms. The second-order valence-electron chi connectivity index (χ2n) is 5.38. The molecule has 136 valence electrons. The van der Waals surface area contributed by atoms with Crippen molar-refractivity contribution < 1.29 is 26.4 Å². The normalized spacial score (nSPS) is 11.7. The topological polar surface area (TPSA) is 54.5 Å². The van der Waals surface area contributed by atoms with E-state index in [2.05, 4.69) is 0 Å². The summed E-state index contributed by atoms with van der Waals surface area (Å²) in [5, 5.41) is 0. The van der Waals surface area contributed by atoms with Crippen molar-refractivity contribution in [1.29, 1.82) is 0 Å². The first kappa shape index (κ1) is 19.5. The van der Waals surface area contributed by atoms with Crippen molar-refractivity contribution in [3.8, 4) is 12.3 Å². The Labute approximate surface area is 149 Å². The standard InChI is InChI=1S/C18H14F3NO3S/c1-3-11-22(26(24,25)14-8-6-7-13(2)12-14)17(23)15-9-4-5-10-16(15)18(19,20)21/h1,4-10,12H,11H2,2H3. The van der Waals surface area contributed by atoms with E-state index in [0.717, 1.165) is 12.1 Å². The molecule has 2 aromatic carbocycles. The lowest BCUT2D eigenvalue weighted by Crippen LogP contribution is -2.38. The van der Waals surface area contributed by atoms with Gasteiger partial charge in [-0.1, -0.05) is 30.2 Å². The second kappa shape index (κ2) is 7.22. The minimum atomic E-state index is -4.82. The van der Waals surface area contributed by atoms with Crippen LogP contribution >= 0.6 is 0 Å². The van der Waals surface area contributed by atoms with Crippen molar-refractivity contribution in [2.75, 3.05) is 6.54 Å². The maximum absolute atomic E-state index is 13.2. The summed E-state index contributed by atoms with van der Waals surface area (Å²) in [4.78, 5) is 12.4. The summed E-state index contributed by atoms with van der Waals surface area (Å²) in [6.07, 6.45) is 0.325. The van der Waals surface area contributed by atoms with Gasteiger partial charge in [-0.25, -0.2) is 12.7 Å². The second-order valence-corrected chi connectivity index (χ2v) is 7.24. The number of nitrogens with zero attached hydrogens (tertiary/aromatic N) is 1. The fourth-order valence-electron chi connectivity index (χ4n) is 2.30. The quantitative estimate of drug-likeness (QED) is 0.762. The highest BCUT2D eigenvalue weighted by Crippen LogP contribution is 2.33. The molecule has 0 heterocycles. The van der Waals surface area contributed by atoms with E-state index in [1.165, 1.54) is 24.3 Å². The molecular weight excluding hydrogens is 367 g/mol. The van der Waals surface area contributed by atoms with Gasteiger partial charge < -0.3 is 0 Å². The van der Waals surface area contributed by atoms with E-state index >= 15 is 0 Å². The lowest BCUT2D eigenvalue weighted by molar-refractivity contribution is -0.138. The molecule has 0 aliphatic heterocycles. The van der Waals surface area contributed by atoms with Crippen LogP contribution in [0.4, 0.5) is 13.2 Å². The zero-order valence-electron chi connectivity index (χ0n) is 13.6. The van der Waals surface area contributed by atoms with Crippen molar-refractivity contribution in [2.24, 2.45) is 0 Å². The van der Waals surface area contributed by atoms with Crippen LogP contribution in [0.25, 0.3) is 0 Å². The molecule has 2 aromatic rings. The number of sulfonamides is 1. The summed E-state index contributed by atoms with van der Waals surface area (Å²) < 4.78 is 65.3. The molecule has 0 fully saturated rings. The highest BCUT2D eigenvalue weighted by molar-refractivity contribution is 7.89. The molecule has 0 saturated carbocycles. The summed E-state index contributed by atoms with van der Waals surface area (Å²) in [7, 11) is -4.42. The number of amides is 1. The van der Waals surface area contributed by atoms with E-state index in [9.17, 15) is 26.4 Å².